The number of hydrogen-bond acceptors (Lipinski definition) is 4. The standard InChI is InChI=1S/C17H22FN3O2/c1-6-13-20-15-11(16(21-13)23-9-14(22)19-5)7-10(8-12(15)18)17(2,3)4/h7-8H,6,9H2,1-5H3,(H,19,22). The maximum absolute atomic E-state index is 14.5. The van der Waals surface area contributed by atoms with Crippen molar-refractivity contribution in [3.63, 3.8) is 0 Å². The number of nitrogens with one attached hydrogen (secondary N) is 1. The summed E-state index contributed by atoms with van der Waals surface area (Å²) in [5.74, 6) is 0.0313. The number of benzene rings is 1. The Balaban J connectivity index is 2.61. The lowest BCUT2D eigenvalue weighted by molar-refractivity contribution is -0.122. The summed E-state index contributed by atoms with van der Waals surface area (Å²) in [6, 6.07) is 3.33. The number of amides is 1. The van der Waals surface area contributed by atoms with E-state index >= 15 is 0 Å². The molecule has 0 aliphatic carbocycles. The Morgan fingerprint density at radius 2 is 2.00 bits per heavy atom. The molecule has 0 bridgehead atoms. The fourth-order valence-electron chi connectivity index (χ4n) is 2.11. The zero-order valence-corrected chi connectivity index (χ0v) is 14.2. The van der Waals surface area contributed by atoms with E-state index in [0.717, 1.165) is 5.56 Å². The van der Waals surface area contributed by atoms with Gasteiger partial charge in [0.2, 0.25) is 5.88 Å². The lowest BCUT2D eigenvalue weighted by Gasteiger charge is -2.20. The summed E-state index contributed by atoms with van der Waals surface area (Å²) in [7, 11) is 1.53. The van der Waals surface area contributed by atoms with Gasteiger partial charge < -0.3 is 10.1 Å². The third kappa shape index (κ3) is 3.75. The molecule has 1 amide bonds. The number of aromatic nitrogens is 2. The summed E-state index contributed by atoms with van der Waals surface area (Å²) < 4.78 is 20.0. The topological polar surface area (TPSA) is 64.1 Å². The van der Waals surface area contributed by atoms with Crippen molar-refractivity contribution in [3.05, 3.63) is 29.3 Å². The van der Waals surface area contributed by atoms with E-state index in [-0.39, 0.29) is 29.3 Å². The van der Waals surface area contributed by atoms with Crippen LogP contribution >= 0.6 is 0 Å². The Morgan fingerprint density at radius 1 is 1.30 bits per heavy atom. The van der Waals surface area contributed by atoms with Gasteiger partial charge >= 0.3 is 0 Å². The van der Waals surface area contributed by atoms with Gasteiger partial charge in [0.05, 0.1) is 5.39 Å². The van der Waals surface area contributed by atoms with Crippen LogP contribution in [0.15, 0.2) is 12.1 Å². The van der Waals surface area contributed by atoms with Crippen molar-refractivity contribution >= 4 is 16.8 Å². The monoisotopic (exact) mass is 319 g/mol. The molecule has 0 fully saturated rings. The summed E-state index contributed by atoms with van der Waals surface area (Å²) in [5, 5.41) is 2.96. The fourth-order valence-corrected chi connectivity index (χ4v) is 2.11. The Bertz CT molecular complexity index is 739. The molecule has 0 aliphatic heterocycles. The number of rotatable bonds is 4. The zero-order valence-electron chi connectivity index (χ0n) is 14.2. The molecule has 0 spiro atoms. The van der Waals surface area contributed by atoms with E-state index in [1.165, 1.54) is 13.1 Å². The number of hydrogen-bond donors (Lipinski definition) is 1. The Hall–Kier alpha value is -2.24. The number of likely N-dealkylation sites (N-methyl/N-ethyl adjacent to an activating group) is 1. The maximum atomic E-state index is 14.5. The summed E-state index contributed by atoms with van der Waals surface area (Å²) in [6.45, 7) is 7.71. The largest absolute Gasteiger partial charge is 0.467 e. The number of carbonyl (C=O) groups excluding carboxylic acids is 1. The third-order valence-electron chi connectivity index (χ3n) is 3.57. The van der Waals surface area contributed by atoms with Crippen LogP contribution in [0.4, 0.5) is 4.39 Å². The molecular weight excluding hydrogens is 297 g/mol. The molecule has 1 aromatic heterocycles. The first-order valence-corrected chi connectivity index (χ1v) is 7.60. The highest BCUT2D eigenvalue weighted by atomic mass is 19.1. The molecule has 0 atom stereocenters. The van der Waals surface area contributed by atoms with Crippen molar-refractivity contribution in [2.75, 3.05) is 13.7 Å². The first-order valence-electron chi connectivity index (χ1n) is 7.60. The number of fused-ring (bicyclic) bond motifs is 1. The molecule has 23 heavy (non-hydrogen) atoms. The van der Waals surface area contributed by atoms with E-state index in [9.17, 15) is 9.18 Å². The van der Waals surface area contributed by atoms with Gasteiger partial charge in [-0.05, 0) is 23.1 Å². The van der Waals surface area contributed by atoms with E-state index in [0.29, 0.717) is 17.6 Å². The Morgan fingerprint density at radius 3 is 2.57 bits per heavy atom. The number of nitrogens with zero attached hydrogens (tertiary/aromatic N) is 2. The first-order chi connectivity index (χ1) is 10.8. The van der Waals surface area contributed by atoms with Crippen molar-refractivity contribution in [1.82, 2.24) is 15.3 Å². The predicted molar refractivity (Wildman–Crippen MR) is 87.1 cm³/mol. The SMILES string of the molecule is CCc1nc(OCC(=O)NC)c2cc(C(C)(C)C)cc(F)c2n1. The molecule has 0 unspecified atom stereocenters. The summed E-state index contributed by atoms with van der Waals surface area (Å²) in [6.07, 6.45) is 0.548. The average Bonchev–Trinajstić information content (AvgIpc) is 2.51. The van der Waals surface area contributed by atoms with Gasteiger partial charge in [-0.1, -0.05) is 27.7 Å². The normalized spacial score (nSPS) is 11.6. The van der Waals surface area contributed by atoms with Crippen LogP contribution < -0.4 is 10.1 Å². The third-order valence-corrected chi connectivity index (χ3v) is 3.57. The van der Waals surface area contributed by atoms with E-state index < -0.39 is 5.82 Å². The van der Waals surface area contributed by atoms with Crippen molar-refractivity contribution in [1.29, 1.82) is 0 Å². The van der Waals surface area contributed by atoms with Crippen LogP contribution in [0.2, 0.25) is 0 Å². The molecule has 5 nitrogen and oxygen atoms in total. The number of halogens is 1. The number of ether oxygens (including phenoxy) is 1. The van der Waals surface area contributed by atoms with Crippen LogP contribution in [0.3, 0.4) is 0 Å². The van der Waals surface area contributed by atoms with E-state index in [1.54, 1.807) is 0 Å². The summed E-state index contributed by atoms with van der Waals surface area (Å²) >= 11 is 0. The van der Waals surface area contributed by atoms with Crippen LogP contribution in [0, 0.1) is 5.82 Å². The van der Waals surface area contributed by atoms with Gasteiger partial charge in [-0.15, -0.1) is 0 Å². The van der Waals surface area contributed by atoms with Crippen LogP contribution in [0.5, 0.6) is 5.88 Å². The van der Waals surface area contributed by atoms with Crippen LogP contribution in [-0.4, -0.2) is 29.5 Å². The zero-order chi connectivity index (χ0) is 17.2. The fraction of sp³-hybridized carbons (Fsp3) is 0.471. The lowest BCUT2D eigenvalue weighted by atomic mass is 9.86. The van der Waals surface area contributed by atoms with Gasteiger partial charge in [0, 0.05) is 13.5 Å². The molecule has 2 rings (SSSR count). The quantitative estimate of drug-likeness (QED) is 0.941. The molecule has 6 heteroatoms. The van der Waals surface area contributed by atoms with E-state index in [2.05, 4.69) is 15.3 Å². The van der Waals surface area contributed by atoms with Crippen LogP contribution in [0.1, 0.15) is 39.1 Å². The van der Waals surface area contributed by atoms with Gasteiger partial charge in [0.15, 0.2) is 6.61 Å². The molecular formula is C17H22FN3O2. The molecule has 1 aromatic carbocycles. The minimum Gasteiger partial charge on any atom is -0.467 e. The average molecular weight is 319 g/mol. The number of carbonyl (C=O) groups is 1. The van der Waals surface area contributed by atoms with Gasteiger partial charge in [-0.2, -0.15) is 4.98 Å². The highest BCUT2D eigenvalue weighted by molar-refractivity contribution is 5.85. The van der Waals surface area contributed by atoms with Gasteiger partial charge in [-0.25, -0.2) is 9.37 Å². The Labute approximate surface area is 135 Å². The molecule has 1 N–H and O–H groups in total. The summed E-state index contributed by atoms with van der Waals surface area (Å²) in [5.41, 5.74) is 0.813. The van der Waals surface area contributed by atoms with Gasteiger partial charge in [0.25, 0.3) is 5.91 Å². The van der Waals surface area contributed by atoms with E-state index in [1.807, 2.05) is 33.8 Å². The molecule has 0 saturated carbocycles. The van der Waals surface area contributed by atoms with Gasteiger partial charge in [-0.3, -0.25) is 4.79 Å². The summed E-state index contributed by atoms with van der Waals surface area (Å²) in [4.78, 5) is 20.0. The minimum atomic E-state index is -0.408. The highest BCUT2D eigenvalue weighted by Crippen LogP contribution is 2.31. The predicted octanol–water partition coefficient (Wildman–Crippen LogP) is 2.75. The van der Waals surface area contributed by atoms with Crippen molar-refractivity contribution in [3.8, 4) is 5.88 Å². The second-order valence-corrected chi connectivity index (χ2v) is 6.36. The second kappa shape index (κ2) is 6.48. The molecule has 124 valence electrons. The van der Waals surface area contributed by atoms with Crippen molar-refractivity contribution < 1.29 is 13.9 Å². The molecule has 0 saturated heterocycles. The van der Waals surface area contributed by atoms with Gasteiger partial charge in [0.1, 0.15) is 17.2 Å². The van der Waals surface area contributed by atoms with E-state index in [4.69, 9.17) is 4.74 Å². The molecule has 0 aliphatic rings. The van der Waals surface area contributed by atoms with Crippen molar-refractivity contribution in [2.45, 2.75) is 39.5 Å². The highest BCUT2D eigenvalue weighted by Gasteiger charge is 2.20. The van der Waals surface area contributed by atoms with Crippen LogP contribution in [-0.2, 0) is 16.6 Å². The lowest BCUT2D eigenvalue weighted by Crippen LogP contribution is -2.25. The first kappa shape index (κ1) is 17.1. The molecule has 1 heterocycles. The van der Waals surface area contributed by atoms with Crippen molar-refractivity contribution in [2.24, 2.45) is 0 Å². The minimum absolute atomic E-state index is 0.173. The number of aryl methyl sites for hydroxylation is 1. The van der Waals surface area contributed by atoms with Crippen LogP contribution in [0.25, 0.3) is 10.9 Å². The maximum Gasteiger partial charge on any atom is 0.257 e. The molecule has 0 radical (unpaired) electrons. The second-order valence-electron chi connectivity index (χ2n) is 6.36. The smallest absolute Gasteiger partial charge is 0.257 e. The Kier molecular flexibility index (Phi) is 4.82. The molecule has 2 aromatic rings.